The predicted molar refractivity (Wildman–Crippen MR) is 101 cm³/mol. The van der Waals surface area contributed by atoms with Crippen LogP contribution in [-0.2, 0) is 10.0 Å². The largest absolute Gasteiger partial charge is 0.494 e. The molecule has 8 heteroatoms. The highest BCUT2D eigenvalue weighted by Crippen LogP contribution is 2.28. The van der Waals surface area contributed by atoms with Gasteiger partial charge in [-0.25, -0.2) is 22.5 Å². The zero-order valence-electron chi connectivity index (χ0n) is 14.0. The van der Waals surface area contributed by atoms with Crippen LogP contribution in [0.2, 0.25) is 0 Å². The Morgan fingerprint density at radius 3 is 2.42 bits per heavy atom. The highest BCUT2D eigenvalue weighted by molar-refractivity contribution is 7.89. The highest BCUT2D eigenvalue weighted by atomic mass is 32.2. The molecule has 26 heavy (non-hydrogen) atoms. The monoisotopic (exact) mass is 392 g/mol. The second-order valence-corrected chi connectivity index (χ2v) is 7.93. The van der Waals surface area contributed by atoms with Gasteiger partial charge in [0.1, 0.15) is 0 Å². The summed E-state index contributed by atoms with van der Waals surface area (Å²) >= 11 is 4.54. The molecule has 2 aromatic rings. The lowest BCUT2D eigenvalue weighted by atomic mass is 9.88. The molecule has 0 heterocycles. The number of halogens is 1. The summed E-state index contributed by atoms with van der Waals surface area (Å²) < 4.78 is 46.2. The molecule has 0 aromatic heterocycles. The molecule has 0 saturated heterocycles. The minimum atomic E-state index is -3.61. The fraction of sp³-hybridized carbons (Fsp3) is 0.278. The van der Waals surface area contributed by atoms with E-state index < -0.39 is 15.8 Å². The molecule has 0 bridgehead atoms. The Hall–Kier alpha value is -2.12. The number of nitrogens with zero attached hydrogens (tertiary/aromatic N) is 1. The van der Waals surface area contributed by atoms with Crippen LogP contribution in [0.25, 0.3) is 11.1 Å². The summed E-state index contributed by atoms with van der Waals surface area (Å²) in [6.07, 6.45) is 1.23. The SMILES string of the molecule is COc1ccc(-c2ccc(S(=O)(=O)N[C@H]3C[C@@H](N=C=S)C3)cc2)cc1F. The van der Waals surface area contributed by atoms with Crippen LogP contribution < -0.4 is 9.46 Å². The van der Waals surface area contributed by atoms with Gasteiger partial charge in [-0.2, -0.15) is 0 Å². The van der Waals surface area contributed by atoms with Gasteiger partial charge in [0.25, 0.3) is 0 Å². The fourth-order valence-electron chi connectivity index (χ4n) is 2.82. The van der Waals surface area contributed by atoms with Gasteiger partial charge in [-0.05, 0) is 60.5 Å². The molecule has 0 atom stereocenters. The Labute approximate surface area is 157 Å². The van der Waals surface area contributed by atoms with Crippen molar-refractivity contribution in [1.29, 1.82) is 0 Å². The van der Waals surface area contributed by atoms with Gasteiger partial charge in [0.15, 0.2) is 11.6 Å². The van der Waals surface area contributed by atoms with Crippen molar-refractivity contribution in [3.63, 3.8) is 0 Å². The van der Waals surface area contributed by atoms with Gasteiger partial charge in [-0.1, -0.05) is 18.2 Å². The number of thiocarbonyl (C=S) groups is 1. The standard InChI is InChI=1S/C18H17FN2O3S2/c1-24-18-7-4-13(8-17(18)19)12-2-5-16(6-3-12)26(22,23)21-15-9-14(10-15)20-11-25/h2-8,14-15,21H,9-10H2,1H3/t14-,15+. The number of rotatable bonds is 6. The molecule has 0 unspecified atom stereocenters. The maximum Gasteiger partial charge on any atom is 0.240 e. The average molecular weight is 392 g/mol. The Morgan fingerprint density at radius 1 is 1.19 bits per heavy atom. The van der Waals surface area contributed by atoms with E-state index in [1.54, 1.807) is 18.2 Å². The van der Waals surface area contributed by atoms with Crippen molar-refractivity contribution >= 4 is 27.4 Å². The number of nitrogens with one attached hydrogen (secondary N) is 1. The Kier molecular flexibility index (Phi) is 5.48. The van der Waals surface area contributed by atoms with E-state index in [0.717, 1.165) is 0 Å². The predicted octanol–water partition coefficient (Wildman–Crippen LogP) is 3.41. The van der Waals surface area contributed by atoms with E-state index in [0.29, 0.717) is 24.0 Å². The second kappa shape index (κ2) is 7.63. The van der Waals surface area contributed by atoms with Crippen molar-refractivity contribution in [2.24, 2.45) is 4.99 Å². The molecule has 2 aromatic carbocycles. The van der Waals surface area contributed by atoms with Crippen LogP contribution >= 0.6 is 12.2 Å². The van der Waals surface area contributed by atoms with Gasteiger partial charge < -0.3 is 4.74 Å². The van der Waals surface area contributed by atoms with E-state index in [4.69, 9.17) is 4.74 Å². The van der Waals surface area contributed by atoms with E-state index in [1.807, 2.05) is 0 Å². The molecule has 1 aliphatic carbocycles. The van der Waals surface area contributed by atoms with Crippen molar-refractivity contribution in [2.75, 3.05) is 7.11 Å². The molecule has 0 aliphatic heterocycles. The number of methoxy groups -OCH3 is 1. The van der Waals surface area contributed by atoms with E-state index in [1.165, 1.54) is 31.4 Å². The second-order valence-electron chi connectivity index (χ2n) is 6.04. The summed E-state index contributed by atoms with van der Waals surface area (Å²) in [7, 11) is -2.21. The highest BCUT2D eigenvalue weighted by Gasteiger charge is 2.32. The molecular formula is C18H17FN2O3S2. The minimum Gasteiger partial charge on any atom is -0.494 e. The molecule has 0 amide bonds. The Morgan fingerprint density at radius 2 is 1.85 bits per heavy atom. The van der Waals surface area contributed by atoms with Crippen LogP contribution in [0.4, 0.5) is 4.39 Å². The number of hydrogen-bond donors (Lipinski definition) is 1. The quantitative estimate of drug-likeness (QED) is 0.604. The van der Waals surface area contributed by atoms with E-state index in [2.05, 4.69) is 27.1 Å². The Bertz CT molecular complexity index is 949. The summed E-state index contributed by atoms with van der Waals surface area (Å²) in [6, 6.07) is 10.8. The zero-order valence-corrected chi connectivity index (χ0v) is 15.6. The number of aliphatic imine (C=N–C) groups is 1. The lowest BCUT2D eigenvalue weighted by Gasteiger charge is -2.31. The molecule has 3 rings (SSSR count). The molecule has 0 radical (unpaired) electrons. The van der Waals surface area contributed by atoms with Crippen LogP contribution in [-0.4, -0.2) is 32.8 Å². The van der Waals surface area contributed by atoms with Gasteiger partial charge in [-0.15, -0.1) is 0 Å². The lowest BCUT2D eigenvalue weighted by molar-refractivity contribution is 0.330. The first kappa shape index (κ1) is 18.7. The number of hydrogen-bond acceptors (Lipinski definition) is 5. The van der Waals surface area contributed by atoms with Gasteiger partial charge in [0, 0.05) is 6.04 Å². The molecule has 1 aliphatic rings. The number of isothiocyanates is 1. The fourth-order valence-corrected chi connectivity index (χ4v) is 4.23. The first-order valence-corrected chi connectivity index (χ1v) is 9.85. The van der Waals surface area contributed by atoms with Crippen molar-refractivity contribution in [2.45, 2.75) is 29.8 Å². The molecule has 1 saturated carbocycles. The van der Waals surface area contributed by atoms with Crippen molar-refractivity contribution in [1.82, 2.24) is 4.72 Å². The summed E-state index contributed by atoms with van der Waals surface area (Å²) in [5.41, 5.74) is 1.35. The smallest absolute Gasteiger partial charge is 0.240 e. The van der Waals surface area contributed by atoms with Gasteiger partial charge in [0.2, 0.25) is 10.0 Å². The Balaban J connectivity index is 1.72. The van der Waals surface area contributed by atoms with Crippen LogP contribution in [0.3, 0.4) is 0 Å². The topological polar surface area (TPSA) is 67.8 Å². The molecule has 1 N–H and O–H groups in total. The third kappa shape index (κ3) is 3.99. The van der Waals surface area contributed by atoms with Crippen LogP contribution in [0, 0.1) is 5.82 Å². The third-order valence-corrected chi connectivity index (χ3v) is 5.96. The zero-order chi connectivity index (χ0) is 18.7. The number of benzene rings is 2. The van der Waals surface area contributed by atoms with Crippen LogP contribution in [0.5, 0.6) is 5.75 Å². The third-order valence-electron chi connectivity index (χ3n) is 4.32. The van der Waals surface area contributed by atoms with Crippen LogP contribution in [0.1, 0.15) is 12.8 Å². The van der Waals surface area contributed by atoms with Crippen LogP contribution in [0.15, 0.2) is 52.4 Å². The van der Waals surface area contributed by atoms with Gasteiger partial charge >= 0.3 is 0 Å². The first-order valence-electron chi connectivity index (χ1n) is 7.96. The number of ether oxygens (including phenoxy) is 1. The van der Waals surface area contributed by atoms with Crippen molar-refractivity contribution < 1.29 is 17.5 Å². The van der Waals surface area contributed by atoms with Crippen molar-refractivity contribution in [3.8, 4) is 16.9 Å². The summed E-state index contributed by atoms with van der Waals surface area (Å²) in [6.45, 7) is 0. The molecule has 0 spiro atoms. The maximum atomic E-state index is 13.8. The van der Waals surface area contributed by atoms with E-state index in [-0.39, 0.29) is 22.7 Å². The first-order chi connectivity index (χ1) is 12.4. The average Bonchev–Trinajstić information content (AvgIpc) is 2.60. The molecule has 5 nitrogen and oxygen atoms in total. The minimum absolute atomic E-state index is 0.0487. The molecule has 136 valence electrons. The van der Waals surface area contributed by atoms with E-state index in [9.17, 15) is 12.8 Å². The van der Waals surface area contributed by atoms with Gasteiger partial charge in [0.05, 0.1) is 23.2 Å². The summed E-state index contributed by atoms with van der Waals surface area (Å²) in [4.78, 5) is 4.10. The van der Waals surface area contributed by atoms with Gasteiger partial charge in [-0.3, -0.25) is 0 Å². The normalized spacial score (nSPS) is 19.3. The number of sulfonamides is 1. The lowest BCUT2D eigenvalue weighted by Crippen LogP contribution is -2.46. The molecule has 1 fully saturated rings. The maximum absolute atomic E-state index is 13.8. The molecular weight excluding hydrogens is 375 g/mol. The van der Waals surface area contributed by atoms with E-state index >= 15 is 0 Å². The summed E-state index contributed by atoms with van der Waals surface area (Å²) in [5, 5.41) is 2.31. The summed E-state index contributed by atoms with van der Waals surface area (Å²) in [5.74, 6) is -0.309. The van der Waals surface area contributed by atoms with Crippen molar-refractivity contribution in [3.05, 3.63) is 48.3 Å².